The molecular weight excluding hydrogens is 260 g/mol. The first-order chi connectivity index (χ1) is 9.15. The molecule has 19 heavy (non-hydrogen) atoms. The second-order valence-corrected chi connectivity index (χ2v) is 6.06. The van der Waals surface area contributed by atoms with Crippen molar-refractivity contribution < 1.29 is 4.79 Å². The third-order valence-electron chi connectivity index (χ3n) is 4.53. The molecule has 1 aromatic carbocycles. The minimum Gasteiger partial charge on any atom is -0.337 e. The molecule has 102 valence electrons. The molecule has 0 aliphatic carbocycles. The minimum absolute atomic E-state index is 0.107. The lowest BCUT2D eigenvalue weighted by atomic mass is 9.83. The molecule has 3 saturated heterocycles. The Labute approximate surface area is 119 Å². The van der Waals surface area contributed by atoms with Gasteiger partial charge in [-0.1, -0.05) is 11.6 Å². The predicted molar refractivity (Wildman–Crippen MR) is 76.5 cm³/mol. The fourth-order valence-corrected chi connectivity index (χ4v) is 3.45. The summed E-state index contributed by atoms with van der Waals surface area (Å²) >= 11 is 5.86. The Kier molecular flexibility index (Phi) is 3.50. The molecular formula is C15H19ClN2O. The van der Waals surface area contributed by atoms with Crippen LogP contribution in [0.3, 0.4) is 0 Å². The van der Waals surface area contributed by atoms with Gasteiger partial charge in [0.05, 0.1) is 0 Å². The van der Waals surface area contributed by atoms with Crippen LogP contribution in [0.1, 0.15) is 23.2 Å². The van der Waals surface area contributed by atoms with Gasteiger partial charge < -0.3 is 9.80 Å². The van der Waals surface area contributed by atoms with Crippen molar-refractivity contribution in [3.05, 3.63) is 34.9 Å². The zero-order chi connectivity index (χ0) is 13.4. The molecule has 3 aliphatic heterocycles. The number of hydrogen-bond donors (Lipinski definition) is 0. The van der Waals surface area contributed by atoms with Crippen LogP contribution in [0.25, 0.3) is 0 Å². The lowest BCUT2D eigenvalue weighted by molar-refractivity contribution is 0.0162. The van der Waals surface area contributed by atoms with E-state index in [4.69, 9.17) is 11.6 Å². The van der Waals surface area contributed by atoms with Gasteiger partial charge >= 0.3 is 0 Å². The maximum absolute atomic E-state index is 12.5. The Morgan fingerprint density at radius 2 is 1.89 bits per heavy atom. The van der Waals surface area contributed by atoms with E-state index < -0.39 is 0 Å². The van der Waals surface area contributed by atoms with Crippen LogP contribution in [0, 0.1) is 5.92 Å². The largest absolute Gasteiger partial charge is 0.337 e. The number of carbonyl (C=O) groups excluding carboxylic acids is 1. The highest BCUT2D eigenvalue weighted by Crippen LogP contribution is 2.31. The van der Waals surface area contributed by atoms with Crippen LogP contribution < -0.4 is 0 Å². The lowest BCUT2D eigenvalue weighted by Crippen LogP contribution is -2.57. The molecule has 1 aromatic rings. The van der Waals surface area contributed by atoms with Gasteiger partial charge in [0.15, 0.2) is 0 Å². The molecule has 0 aromatic heterocycles. The van der Waals surface area contributed by atoms with Gasteiger partial charge in [0.2, 0.25) is 0 Å². The van der Waals surface area contributed by atoms with Crippen LogP contribution in [-0.4, -0.2) is 48.4 Å². The number of piperidine rings is 3. The fourth-order valence-electron chi connectivity index (χ4n) is 3.32. The minimum atomic E-state index is 0.107. The van der Waals surface area contributed by atoms with Crippen molar-refractivity contribution in [1.82, 2.24) is 9.80 Å². The SMILES string of the molecule is CN(C(=O)c1ccc(Cl)cc1)[C@H]1CN2CCC1CC2. The van der Waals surface area contributed by atoms with Crippen LogP contribution in [0.15, 0.2) is 24.3 Å². The predicted octanol–water partition coefficient (Wildman–Crippen LogP) is 2.51. The van der Waals surface area contributed by atoms with E-state index in [-0.39, 0.29) is 5.91 Å². The van der Waals surface area contributed by atoms with E-state index in [1.54, 1.807) is 12.1 Å². The summed E-state index contributed by atoms with van der Waals surface area (Å²) in [6.45, 7) is 3.43. The average Bonchev–Trinajstić information content (AvgIpc) is 2.47. The summed E-state index contributed by atoms with van der Waals surface area (Å²) in [6.07, 6.45) is 2.45. The second-order valence-electron chi connectivity index (χ2n) is 5.63. The third-order valence-corrected chi connectivity index (χ3v) is 4.78. The van der Waals surface area contributed by atoms with Gasteiger partial charge in [-0.05, 0) is 56.1 Å². The fraction of sp³-hybridized carbons (Fsp3) is 0.533. The summed E-state index contributed by atoms with van der Waals surface area (Å²) in [5.41, 5.74) is 0.725. The van der Waals surface area contributed by atoms with E-state index in [0.29, 0.717) is 17.0 Å². The molecule has 4 heteroatoms. The van der Waals surface area contributed by atoms with Crippen molar-refractivity contribution >= 4 is 17.5 Å². The Balaban J connectivity index is 1.74. The van der Waals surface area contributed by atoms with Gasteiger partial charge in [0, 0.05) is 30.2 Å². The molecule has 3 heterocycles. The lowest BCUT2D eigenvalue weighted by Gasteiger charge is -2.48. The highest BCUT2D eigenvalue weighted by molar-refractivity contribution is 6.30. The van der Waals surface area contributed by atoms with Crippen LogP contribution in [0.5, 0.6) is 0 Å². The maximum atomic E-state index is 12.5. The second kappa shape index (κ2) is 5.14. The first kappa shape index (κ1) is 12.9. The number of likely N-dealkylation sites (N-methyl/N-ethyl adjacent to an activating group) is 1. The summed E-state index contributed by atoms with van der Waals surface area (Å²) in [5.74, 6) is 0.779. The maximum Gasteiger partial charge on any atom is 0.253 e. The molecule has 1 atom stereocenters. The van der Waals surface area contributed by atoms with Gasteiger partial charge in [-0.15, -0.1) is 0 Å². The van der Waals surface area contributed by atoms with E-state index in [2.05, 4.69) is 4.90 Å². The van der Waals surface area contributed by atoms with Gasteiger partial charge in [-0.25, -0.2) is 0 Å². The monoisotopic (exact) mass is 278 g/mol. The number of hydrogen-bond acceptors (Lipinski definition) is 2. The number of carbonyl (C=O) groups is 1. The van der Waals surface area contributed by atoms with Gasteiger partial charge in [-0.3, -0.25) is 4.79 Å². The first-order valence-corrected chi connectivity index (χ1v) is 7.28. The van der Waals surface area contributed by atoms with Crippen molar-refractivity contribution in [2.45, 2.75) is 18.9 Å². The Morgan fingerprint density at radius 3 is 2.42 bits per heavy atom. The van der Waals surface area contributed by atoms with E-state index in [0.717, 1.165) is 12.1 Å². The number of rotatable bonds is 2. The normalized spacial score (nSPS) is 29.3. The van der Waals surface area contributed by atoms with Crippen molar-refractivity contribution in [2.75, 3.05) is 26.7 Å². The number of nitrogens with zero attached hydrogens (tertiary/aromatic N) is 2. The van der Waals surface area contributed by atoms with E-state index in [1.165, 1.54) is 25.9 Å². The summed E-state index contributed by atoms with van der Waals surface area (Å²) < 4.78 is 0. The van der Waals surface area contributed by atoms with Crippen LogP contribution in [0.2, 0.25) is 5.02 Å². The van der Waals surface area contributed by atoms with Crippen LogP contribution >= 0.6 is 11.6 Å². The van der Waals surface area contributed by atoms with Gasteiger partial charge in [0.25, 0.3) is 5.91 Å². The molecule has 3 fully saturated rings. The van der Waals surface area contributed by atoms with Crippen molar-refractivity contribution in [3.63, 3.8) is 0 Å². The molecule has 3 aliphatic rings. The van der Waals surface area contributed by atoms with Crippen molar-refractivity contribution in [3.8, 4) is 0 Å². The Hall–Kier alpha value is -1.06. The van der Waals surface area contributed by atoms with Gasteiger partial charge in [0.1, 0.15) is 0 Å². The summed E-state index contributed by atoms with van der Waals surface area (Å²) in [7, 11) is 1.93. The topological polar surface area (TPSA) is 23.6 Å². The number of halogens is 1. The molecule has 0 N–H and O–H groups in total. The summed E-state index contributed by atoms with van der Waals surface area (Å²) in [4.78, 5) is 16.9. The molecule has 0 unspecified atom stereocenters. The number of benzene rings is 1. The zero-order valence-corrected chi connectivity index (χ0v) is 11.9. The third kappa shape index (κ3) is 2.49. The molecule has 0 spiro atoms. The molecule has 1 amide bonds. The smallest absolute Gasteiger partial charge is 0.253 e. The van der Waals surface area contributed by atoms with E-state index in [1.807, 2.05) is 24.1 Å². The molecule has 0 radical (unpaired) electrons. The zero-order valence-electron chi connectivity index (χ0n) is 11.2. The van der Waals surface area contributed by atoms with Crippen molar-refractivity contribution in [1.29, 1.82) is 0 Å². The molecule has 4 rings (SSSR count). The highest BCUT2D eigenvalue weighted by atomic mass is 35.5. The Morgan fingerprint density at radius 1 is 1.26 bits per heavy atom. The first-order valence-electron chi connectivity index (χ1n) is 6.90. The van der Waals surface area contributed by atoms with Gasteiger partial charge in [-0.2, -0.15) is 0 Å². The summed E-state index contributed by atoms with van der Waals surface area (Å²) in [5, 5.41) is 0.669. The quantitative estimate of drug-likeness (QED) is 0.830. The van der Waals surface area contributed by atoms with Crippen LogP contribution in [0.4, 0.5) is 0 Å². The number of fused-ring (bicyclic) bond motifs is 3. The molecule has 0 saturated carbocycles. The standard InChI is InChI=1S/C15H19ClN2O/c1-17(14-10-18-8-6-11(14)7-9-18)15(19)12-2-4-13(16)5-3-12/h2-5,11,14H,6-10H2,1H3/t14-/m0/s1. The summed E-state index contributed by atoms with van der Waals surface area (Å²) in [6, 6.07) is 7.54. The average molecular weight is 279 g/mol. The van der Waals surface area contributed by atoms with E-state index in [9.17, 15) is 4.79 Å². The molecule has 2 bridgehead atoms. The Bertz CT molecular complexity index is 466. The van der Waals surface area contributed by atoms with Crippen LogP contribution in [-0.2, 0) is 0 Å². The number of amides is 1. The van der Waals surface area contributed by atoms with Crippen molar-refractivity contribution in [2.24, 2.45) is 5.92 Å². The highest BCUT2D eigenvalue weighted by Gasteiger charge is 2.37. The molecule has 3 nitrogen and oxygen atoms in total. The van der Waals surface area contributed by atoms with E-state index >= 15 is 0 Å².